The van der Waals surface area contributed by atoms with Crippen molar-refractivity contribution in [3.05, 3.63) is 12.2 Å². The van der Waals surface area contributed by atoms with Gasteiger partial charge < -0.3 is 5.73 Å². The van der Waals surface area contributed by atoms with Gasteiger partial charge in [-0.05, 0) is 38.5 Å². The minimum absolute atomic E-state index is 0.116. The summed E-state index contributed by atoms with van der Waals surface area (Å²) in [4.78, 5) is 0. The van der Waals surface area contributed by atoms with Crippen LogP contribution >= 0.6 is 0 Å². The molecule has 0 fully saturated rings. The summed E-state index contributed by atoms with van der Waals surface area (Å²) in [6.07, 6.45) is 19.7. The van der Waals surface area contributed by atoms with E-state index in [0.29, 0.717) is 0 Å². The van der Waals surface area contributed by atoms with Crippen LogP contribution in [-0.4, -0.2) is 5.54 Å². The summed E-state index contributed by atoms with van der Waals surface area (Å²) in [5.74, 6) is 0. The summed E-state index contributed by atoms with van der Waals surface area (Å²) in [6.45, 7) is 11.1. The molecule has 1 heteroatoms. The Kier molecular flexibility index (Phi) is 11.1. The van der Waals surface area contributed by atoms with Gasteiger partial charge in [0.1, 0.15) is 0 Å². The maximum atomic E-state index is 6.22. The van der Waals surface area contributed by atoms with Gasteiger partial charge in [0.2, 0.25) is 0 Å². The fourth-order valence-electron chi connectivity index (χ4n) is 2.33. The summed E-state index contributed by atoms with van der Waals surface area (Å²) in [5, 5.41) is 0. The van der Waals surface area contributed by atoms with E-state index in [0.717, 1.165) is 6.42 Å². The van der Waals surface area contributed by atoms with Crippen molar-refractivity contribution >= 4 is 0 Å². The van der Waals surface area contributed by atoms with Gasteiger partial charge in [-0.15, -0.1) is 0 Å². The van der Waals surface area contributed by atoms with Gasteiger partial charge in [0, 0.05) is 5.54 Å². The molecule has 0 heterocycles. The van der Waals surface area contributed by atoms with Crippen molar-refractivity contribution in [3.63, 3.8) is 0 Å². The van der Waals surface area contributed by atoms with Gasteiger partial charge >= 0.3 is 0 Å². The number of hydrogen-bond acceptors (Lipinski definition) is 1. The van der Waals surface area contributed by atoms with E-state index in [9.17, 15) is 0 Å². The van der Waals surface area contributed by atoms with Crippen molar-refractivity contribution in [2.45, 2.75) is 111 Å². The van der Waals surface area contributed by atoms with Gasteiger partial charge in [-0.3, -0.25) is 0 Å². The third kappa shape index (κ3) is 11.0. The molecule has 0 bridgehead atoms. The second-order valence-corrected chi connectivity index (χ2v) is 7.90. The summed E-state index contributed by atoms with van der Waals surface area (Å²) >= 11 is 0. The highest BCUT2D eigenvalue weighted by atomic mass is 14.7. The number of allylic oxidation sites excluding steroid dienone is 2. The smallest absolute Gasteiger partial charge is 0.0151 e. The number of hydrogen-bond donors (Lipinski definition) is 1. The SMILES string of the molecule is CCCCCCCCCCCC=CCC(C)(C)C(C)(C)N. The summed E-state index contributed by atoms with van der Waals surface area (Å²) < 4.78 is 0. The Bertz CT molecular complexity index is 258. The predicted octanol–water partition coefficient (Wildman–Crippen LogP) is 6.62. The molecule has 0 aromatic rings. The molecule has 0 aliphatic heterocycles. The van der Waals surface area contributed by atoms with Crippen molar-refractivity contribution in [1.29, 1.82) is 0 Å². The molecule has 2 N–H and O–H groups in total. The molecule has 1 nitrogen and oxygen atoms in total. The molecule has 0 saturated heterocycles. The highest BCUT2D eigenvalue weighted by Gasteiger charge is 2.31. The number of rotatable bonds is 13. The fourth-order valence-corrected chi connectivity index (χ4v) is 2.33. The molecule has 0 aromatic carbocycles. The maximum absolute atomic E-state index is 6.22. The fraction of sp³-hybridized carbons (Fsp3) is 0.900. The minimum Gasteiger partial charge on any atom is -0.325 e. The van der Waals surface area contributed by atoms with Crippen molar-refractivity contribution in [1.82, 2.24) is 0 Å². The van der Waals surface area contributed by atoms with Crippen molar-refractivity contribution < 1.29 is 0 Å². The van der Waals surface area contributed by atoms with Crippen LogP contribution in [0.2, 0.25) is 0 Å². The standard InChI is InChI=1S/C20H41N/c1-6-7-8-9-10-11-12-13-14-15-16-17-18-19(2,3)20(4,5)21/h16-17H,6-15,18,21H2,1-5H3. The van der Waals surface area contributed by atoms with Crippen LogP contribution in [0.3, 0.4) is 0 Å². The van der Waals surface area contributed by atoms with E-state index < -0.39 is 0 Å². The lowest BCUT2D eigenvalue weighted by molar-refractivity contribution is 0.205. The molecule has 0 aliphatic rings. The highest BCUT2D eigenvalue weighted by molar-refractivity contribution is 4.96. The van der Waals surface area contributed by atoms with Gasteiger partial charge in [-0.1, -0.05) is 84.3 Å². The first-order chi connectivity index (χ1) is 9.81. The topological polar surface area (TPSA) is 26.0 Å². The van der Waals surface area contributed by atoms with Crippen LogP contribution in [-0.2, 0) is 0 Å². The van der Waals surface area contributed by atoms with Crippen LogP contribution in [0, 0.1) is 5.41 Å². The van der Waals surface area contributed by atoms with Crippen LogP contribution < -0.4 is 5.73 Å². The molecule has 0 rings (SSSR count). The molecular formula is C20H41N. The summed E-state index contributed by atoms with van der Waals surface area (Å²) in [6, 6.07) is 0. The second kappa shape index (κ2) is 11.3. The van der Waals surface area contributed by atoms with Gasteiger partial charge in [0.25, 0.3) is 0 Å². The van der Waals surface area contributed by atoms with Crippen LogP contribution in [0.25, 0.3) is 0 Å². The van der Waals surface area contributed by atoms with Gasteiger partial charge in [0.15, 0.2) is 0 Å². The van der Waals surface area contributed by atoms with Gasteiger partial charge in [-0.25, -0.2) is 0 Å². The lowest BCUT2D eigenvalue weighted by atomic mass is 9.73. The van der Waals surface area contributed by atoms with E-state index in [-0.39, 0.29) is 11.0 Å². The molecule has 0 radical (unpaired) electrons. The zero-order chi connectivity index (χ0) is 16.2. The number of unbranched alkanes of at least 4 members (excludes halogenated alkanes) is 9. The predicted molar refractivity (Wildman–Crippen MR) is 97.6 cm³/mol. The zero-order valence-corrected chi connectivity index (χ0v) is 15.5. The van der Waals surface area contributed by atoms with Crippen LogP contribution in [0.1, 0.15) is 105 Å². The molecule has 0 saturated carbocycles. The first-order valence-electron chi connectivity index (χ1n) is 9.25. The first-order valence-corrected chi connectivity index (χ1v) is 9.25. The molecule has 0 atom stereocenters. The molecule has 21 heavy (non-hydrogen) atoms. The molecule has 0 amide bonds. The average Bonchev–Trinajstić information content (AvgIpc) is 2.38. The lowest BCUT2D eigenvalue weighted by Crippen LogP contribution is -2.46. The average molecular weight is 296 g/mol. The summed E-state index contributed by atoms with van der Waals surface area (Å²) in [7, 11) is 0. The Labute approximate surface area is 134 Å². The Hall–Kier alpha value is -0.300. The Morgan fingerprint density at radius 1 is 0.714 bits per heavy atom. The van der Waals surface area contributed by atoms with Gasteiger partial charge in [-0.2, -0.15) is 0 Å². The molecule has 0 spiro atoms. The third-order valence-electron chi connectivity index (χ3n) is 5.01. The van der Waals surface area contributed by atoms with E-state index in [1.54, 1.807) is 0 Å². The van der Waals surface area contributed by atoms with E-state index in [2.05, 4.69) is 46.8 Å². The monoisotopic (exact) mass is 295 g/mol. The van der Waals surface area contributed by atoms with Crippen molar-refractivity contribution in [3.8, 4) is 0 Å². The Morgan fingerprint density at radius 2 is 1.19 bits per heavy atom. The molecule has 0 aliphatic carbocycles. The van der Waals surface area contributed by atoms with Crippen molar-refractivity contribution in [2.24, 2.45) is 11.1 Å². The quantitative estimate of drug-likeness (QED) is 0.300. The highest BCUT2D eigenvalue weighted by Crippen LogP contribution is 2.32. The van der Waals surface area contributed by atoms with Crippen LogP contribution in [0.5, 0.6) is 0 Å². The van der Waals surface area contributed by atoms with E-state index >= 15 is 0 Å². The minimum atomic E-state index is -0.116. The zero-order valence-electron chi connectivity index (χ0n) is 15.5. The normalized spacial score (nSPS) is 13.2. The van der Waals surface area contributed by atoms with E-state index in [1.165, 1.54) is 64.2 Å². The largest absolute Gasteiger partial charge is 0.325 e. The van der Waals surface area contributed by atoms with E-state index in [1.807, 2.05) is 0 Å². The van der Waals surface area contributed by atoms with Crippen molar-refractivity contribution in [2.75, 3.05) is 0 Å². The number of nitrogens with two attached hydrogens (primary N) is 1. The molecule has 126 valence electrons. The van der Waals surface area contributed by atoms with E-state index in [4.69, 9.17) is 5.73 Å². The first kappa shape index (κ1) is 20.7. The second-order valence-electron chi connectivity index (χ2n) is 7.90. The maximum Gasteiger partial charge on any atom is 0.0151 e. The van der Waals surface area contributed by atoms with Crippen LogP contribution in [0.15, 0.2) is 12.2 Å². The van der Waals surface area contributed by atoms with Gasteiger partial charge in [0.05, 0.1) is 0 Å². The summed E-state index contributed by atoms with van der Waals surface area (Å²) in [5.41, 5.74) is 6.27. The Morgan fingerprint density at radius 3 is 1.67 bits per heavy atom. The lowest BCUT2D eigenvalue weighted by Gasteiger charge is -2.37. The third-order valence-corrected chi connectivity index (χ3v) is 5.01. The molecular weight excluding hydrogens is 254 g/mol. The molecule has 0 aromatic heterocycles. The van der Waals surface area contributed by atoms with Crippen LogP contribution in [0.4, 0.5) is 0 Å². The Balaban J connectivity index is 3.45. The molecule has 0 unspecified atom stereocenters.